The van der Waals surface area contributed by atoms with E-state index in [0.717, 1.165) is 11.1 Å². The maximum Gasteiger partial charge on any atom is 0.471 e. The molecule has 2 heterocycles. The number of aromatic nitrogens is 3. The number of hydrogen-bond donors (Lipinski definition) is 1. The van der Waals surface area contributed by atoms with Crippen molar-refractivity contribution >= 4 is 5.82 Å². The van der Waals surface area contributed by atoms with Crippen LogP contribution in [0.4, 0.5) is 19.0 Å². The van der Waals surface area contributed by atoms with Crippen molar-refractivity contribution in [3.63, 3.8) is 0 Å². The number of nitrogens with zero attached hydrogens (tertiary/aromatic N) is 3. The lowest BCUT2D eigenvalue weighted by Crippen LogP contribution is -2.04. The minimum atomic E-state index is -4.65. The molecule has 0 aliphatic rings. The Hall–Kier alpha value is -2.90. The Balaban J connectivity index is 1.90. The number of benzene rings is 1. The van der Waals surface area contributed by atoms with E-state index in [1.807, 2.05) is 0 Å². The second-order valence-corrected chi connectivity index (χ2v) is 4.47. The number of rotatable bonds is 2. The van der Waals surface area contributed by atoms with E-state index >= 15 is 0 Å². The summed E-state index contributed by atoms with van der Waals surface area (Å²) in [6.45, 7) is 0. The fourth-order valence-corrected chi connectivity index (χ4v) is 1.90. The lowest BCUT2D eigenvalue weighted by Gasteiger charge is -2.03. The van der Waals surface area contributed by atoms with Gasteiger partial charge in [0.2, 0.25) is 5.82 Å². The molecule has 5 nitrogen and oxygen atoms in total. The van der Waals surface area contributed by atoms with Gasteiger partial charge in [0, 0.05) is 11.8 Å². The van der Waals surface area contributed by atoms with E-state index < -0.39 is 12.1 Å². The maximum atomic E-state index is 12.4. The van der Waals surface area contributed by atoms with E-state index in [4.69, 9.17) is 5.73 Å². The van der Waals surface area contributed by atoms with E-state index in [1.54, 1.807) is 42.6 Å². The summed E-state index contributed by atoms with van der Waals surface area (Å²) < 4.78 is 41.5. The summed E-state index contributed by atoms with van der Waals surface area (Å²) in [5.74, 6) is -1.10. The highest BCUT2D eigenvalue weighted by Gasteiger charge is 2.38. The topological polar surface area (TPSA) is 77.8 Å². The third-order valence-electron chi connectivity index (χ3n) is 2.93. The van der Waals surface area contributed by atoms with Crippen LogP contribution in [0.5, 0.6) is 0 Å². The van der Waals surface area contributed by atoms with Crippen LogP contribution in [-0.4, -0.2) is 15.1 Å². The third kappa shape index (κ3) is 2.76. The Kier molecular flexibility index (Phi) is 3.28. The molecule has 2 aromatic heterocycles. The average molecular weight is 306 g/mol. The number of nitrogen functional groups attached to an aromatic ring is 1. The monoisotopic (exact) mass is 306 g/mol. The molecule has 0 fully saturated rings. The zero-order chi connectivity index (χ0) is 15.7. The highest BCUT2D eigenvalue weighted by atomic mass is 19.4. The first-order valence-electron chi connectivity index (χ1n) is 6.17. The summed E-state index contributed by atoms with van der Waals surface area (Å²) in [5.41, 5.74) is 7.73. The second kappa shape index (κ2) is 5.14. The van der Waals surface area contributed by atoms with E-state index in [9.17, 15) is 13.2 Å². The van der Waals surface area contributed by atoms with E-state index in [2.05, 4.69) is 19.6 Å². The van der Waals surface area contributed by atoms with Crippen molar-refractivity contribution in [1.29, 1.82) is 0 Å². The van der Waals surface area contributed by atoms with Crippen LogP contribution in [0.2, 0.25) is 0 Å². The number of anilines is 1. The van der Waals surface area contributed by atoms with E-state index in [-0.39, 0.29) is 5.82 Å². The third-order valence-corrected chi connectivity index (χ3v) is 2.93. The van der Waals surface area contributed by atoms with Crippen molar-refractivity contribution < 1.29 is 17.7 Å². The Morgan fingerprint density at radius 1 is 0.955 bits per heavy atom. The molecule has 0 radical (unpaired) electrons. The number of hydrogen-bond acceptors (Lipinski definition) is 5. The quantitative estimate of drug-likeness (QED) is 0.785. The van der Waals surface area contributed by atoms with Gasteiger partial charge in [0.05, 0.1) is 0 Å². The van der Waals surface area contributed by atoms with Crippen LogP contribution < -0.4 is 5.73 Å². The molecule has 3 aromatic rings. The van der Waals surface area contributed by atoms with Crippen molar-refractivity contribution in [1.82, 2.24) is 15.1 Å². The van der Waals surface area contributed by atoms with E-state index in [1.165, 1.54) is 0 Å². The fraction of sp³-hybridized carbons (Fsp3) is 0.0714. The fourth-order valence-electron chi connectivity index (χ4n) is 1.90. The maximum absolute atomic E-state index is 12.4. The summed E-state index contributed by atoms with van der Waals surface area (Å²) in [6, 6.07) is 10.2. The predicted molar refractivity (Wildman–Crippen MR) is 72.4 cm³/mol. The average Bonchev–Trinajstić information content (AvgIpc) is 2.97. The highest BCUT2D eigenvalue weighted by molar-refractivity contribution is 5.69. The van der Waals surface area contributed by atoms with Crippen molar-refractivity contribution in [3.05, 3.63) is 48.5 Å². The molecule has 0 atom stereocenters. The van der Waals surface area contributed by atoms with Gasteiger partial charge in [-0.3, -0.25) is 0 Å². The Labute approximate surface area is 122 Å². The molecule has 1 aromatic carbocycles. The molecule has 0 saturated heterocycles. The lowest BCUT2D eigenvalue weighted by atomic mass is 10.0. The lowest BCUT2D eigenvalue weighted by molar-refractivity contribution is -0.159. The van der Waals surface area contributed by atoms with Crippen LogP contribution >= 0.6 is 0 Å². The first-order valence-corrected chi connectivity index (χ1v) is 6.17. The zero-order valence-corrected chi connectivity index (χ0v) is 11.0. The Bertz CT molecular complexity index is 796. The van der Waals surface area contributed by atoms with Gasteiger partial charge >= 0.3 is 12.1 Å². The molecule has 0 aliphatic carbocycles. The standard InChI is InChI=1S/C14H9F3N4O/c15-14(16,17)13-20-12(21-22-13)9-3-1-8(2-4-9)10-5-6-19-11(18)7-10/h1-7H,(H2,18,19). The van der Waals surface area contributed by atoms with Crippen molar-refractivity contribution in [3.8, 4) is 22.5 Å². The summed E-state index contributed by atoms with van der Waals surface area (Å²) in [4.78, 5) is 7.23. The highest BCUT2D eigenvalue weighted by Crippen LogP contribution is 2.30. The van der Waals surface area contributed by atoms with E-state index in [0.29, 0.717) is 11.4 Å². The summed E-state index contributed by atoms with van der Waals surface area (Å²) >= 11 is 0. The molecule has 3 rings (SSSR count). The van der Waals surface area contributed by atoms with Crippen LogP contribution in [0.3, 0.4) is 0 Å². The summed E-state index contributed by atoms with van der Waals surface area (Å²) in [5, 5.41) is 3.33. The van der Waals surface area contributed by atoms with Crippen LogP contribution in [0, 0.1) is 0 Å². The molecule has 0 bridgehead atoms. The van der Waals surface area contributed by atoms with Crippen molar-refractivity contribution in [2.75, 3.05) is 5.73 Å². The van der Waals surface area contributed by atoms with Gasteiger partial charge in [0.1, 0.15) is 5.82 Å². The van der Waals surface area contributed by atoms with Gasteiger partial charge in [-0.15, -0.1) is 0 Å². The molecule has 0 unspecified atom stereocenters. The first kappa shape index (κ1) is 14.1. The predicted octanol–water partition coefficient (Wildman–Crippen LogP) is 3.40. The van der Waals surface area contributed by atoms with Gasteiger partial charge < -0.3 is 10.3 Å². The van der Waals surface area contributed by atoms with Crippen molar-refractivity contribution in [2.45, 2.75) is 6.18 Å². The Morgan fingerprint density at radius 2 is 1.64 bits per heavy atom. The summed E-state index contributed by atoms with van der Waals surface area (Å²) in [6.07, 6.45) is -3.08. The first-order chi connectivity index (χ1) is 10.4. The Morgan fingerprint density at radius 3 is 2.23 bits per heavy atom. The smallest absolute Gasteiger partial charge is 0.384 e. The minimum Gasteiger partial charge on any atom is -0.384 e. The van der Waals surface area contributed by atoms with Gasteiger partial charge in [-0.2, -0.15) is 18.2 Å². The van der Waals surface area contributed by atoms with Gasteiger partial charge in [-0.25, -0.2) is 4.98 Å². The number of halogens is 3. The number of alkyl halides is 3. The normalized spacial score (nSPS) is 11.6. The number of pyridine rings is 1. The van der Waals surface area contributed by atoms with Gasteiger partial charge in [-0.1, -0.05) is 29.4 Å². The van der Waals surface area contributed by atoms with Crippen LogP contribution in [-0.2, 0) is 6.18 Å². The molecule has 0 spiro atoms. The molecule has 0 saturated carbocycles. The molecule has 112 valence electrons. The SMILES string of the molecule is Nc1cc(-c2ccc(-c3noc(C(F)(F)F)n3)cc2)ccn1. The van der Waals surface area contributed by atoms with Gasteiger partial charge in [-0.05, 0) is 23.3 Å². The van der Waals surface area contributed by atoms with Crippen LogP contribution in [0.15, 0.2) is 47.1 Å². The summed E-state index contributed by atoms with van der Waals surface area (Å²) in [7, 11) is 0. The minimum absolute atomic E-state index is 0.117. The van der Waals surface area contributed by atoms with Crippen molar-refractivity contribution in [2.24, 2.45) is 0 Å². The van der Waals surface area contributed by atoms with Gasteiger partial charge in [0.15, 0.2) is 0 Å². The molecule has 0 amide bonds. The van der Waals surface area contributed by atoms with Crippen LogP contribution in [0.1, 0.15) is 5.89 Å². The largest absolute Gasteiger partial charge is 0.471 e. The zero-order valence-electron chi connectivity index (χ0n) is 11.0. The molecular weight excluding hydrogens is 297 g/mol. The molecule has 22 heavy (non-hydrogen) atoms. The second-order valence-electron chi connectivity index (χ2n) is 4.47. The van der Waals surface area contributed by atoms with Gasteiger partial charge in [0.25, 0.3) is 0 Å². The molecule has 0 aliphatic heterocycles. The van der Waals surface area contributed by atoms with Crippen LogP contribution in [0.25, 0.3) is 22.5 Å². The molecular formula is C14H9F3N4O. The number of nitrogens with two attached hydrogens (primary N) is 1. The molecule has 2 N–H and O–H groups in total. The molecule has 8 heteroatoms.